The van der Waals surface area contributed by atoms with Gasteiger partial charge in [-0.1, -0.05) is 28.1 Å². The summed E-state index contributed by atoms with van der Waals surface area (Å²) in [5, 5.41) is 14.1. The molecule has 7 nitrogen and oxygen atoms in total. The maximum absolute atomic E-state index is 14.3. The number of hydrogen-bond donors (Lipinski definition) is 2. The number of rotatable bonds is 8. The predicted molar refractivity (Wildman–Crippen MR) is 125 cm³/mol. The number of β-amino-alcohol motifs (C(OH)–C–C–N with tert-alkyl or cyclic N) is 1. The Morgan fingerprint density at radius 1 is 1.22 bits per heavy atom. The third-order valence-corrected chi connectivity index (χ3v) is 5.64. The first-order chi connectivity index (χ1) is 15.5. The van der Waals surface area contributed by atoms with Crippen LogP contribution in [0.4, 0.5) is 15.9 Å². The molecule has 1 aliphatic heterocycles. The third-order valence-electron chi connectivity index (χ3n) is 5.15. The Morgan fingerprint density at radius 2 is 2.09 bits per heavy atom. The molecule has 0 radical (unpaired) electrons. The summed E-state index contributed by atoms with van der Waals surface area (Å²) in [6.07, 6.45) is 6.01. The second kappa shape index (κ2) is 10.2. The molecule has 3 aromatic rings. The van der Waals surface area contributed by atoms with Crippen molar-refractivity contribution in [3.8, 4) is 11.5 Å². The van der Waals surface area contributed by atoms with Crippen molar-refractivity contribution in [2.45, 2.75) is 12.5 Å². The number of aliphatic hydroxyl groups is 1. The van der Waals surface area contributed by atoms with Crippen LogP contribution >= 0.6 is 15.9 Å². The zero-order valence-electron chi connectivity index (χ0n) is 17.6. The summed E-state index contributed by atoms with van der Waals surface area (Å²) in [6.45, 7) is 2.43. The number of halogens is 2. The van der Waals surface area contributed by atoms with E-state index < -0.39 is 11.9 Å². The zero-order chi connectivity index (χ0) is 22.5. The first-order valence-corrected chi connectivity index (χ1v) is 11.1. The largest absolute Gasteiger partial charge is 0.493 e. The number of aliphatic hydroxyl groups excluding tert-OH is 1. The Kier molecular flexibility index (Phi) is 7.19. The highest BCUT2D eigenvalue weighted by Crippen LogP contribution is 2.35. The van der Waals surface area contributed by atoms with Gasteiger partial charge in [0.25, 0.3) is 0 Å². The van der Waals surface area contributed by atoms with Gasteiger partial charge in [-0.15, -0.1) is 0 Å². The van der Waals surface area contributed by atoms with Gasteiger partial charge in [-0.3, -0.25) is 4.90 Å². The van der Waals surface area contributed by atoms with Crippen LogP contribution in [0, 0.1) is 5.82 Å². The number of methoxy groups -OCH3 is 1. The van der Waals surface area contributed by atoms with E-state index in [-0.39, 0.29) is 6.61 Å². The molecule has 0 aliphatic carbocycles. The van der Waals surface area contributed by atoms with E-state index in [2.05, 4.69) is 48.3 Å². The molecule has 4 rings (SSSR count). The summed E-state index contributed by atoms with van der Waals surface area (Å²) < 4.78 is 26.3. The predicted octanol–water partition coefficient (Wildman–Crippen LogP) is 4.29. The number of nitrogens with one attached hydrogen (secondary N) is 1. The van der Waals surface area contributed by atoms with E-state index >= 15 is 0 Å². The molecular weight excluding hydrogens is 479 g/mol. The van der Waals surface area contributed by atoms with Gasteiger partial charge < -0.3 is 19.9 Å². The van der Waals surface area contributed by atoms with Gasteiger partial charge in [0.2, 0.25) is 0 Å². The Morgan fingerprint density at radius 3 is 2.84 bits per heavy atom. The quantitative estimate of drug-likeness (QED) is 0.444. The molecule has 0 fully saturated rings. The molecule has 2 N–H and O–H groups in total. The van der Waals surface area contributed by atoms with Crippen LogP contribution in [0.3, 0.4) is 0 Å². The molecule has 1 aliphatic rings. The summed E-state index contributed by atoms with van der Waals surface area (Å²) in [7, 11) is 1.54. The van der Waals surface area contributed by atoms with Crippen LogP contribution in [0.25, 0.3) is 10.9 Å². The molecule has 1 unspecified atom stereocenters. The molecule has 9 heteroatoms. The standard InChI is InChI=1S/C23H24BrFN4O3/c1-31-21-10-17-20(11-22(21)32-13-16(30)12-29-7-3-2-4-8-29)26-14-27-23(17)28-19-6-5-15(24)9-18(19)25/h2-3,5-6,9-11,14,16,30H,4,7-8,12-13H2,1H3,(H,26,27,28). The van der Waals surface area contributed by atoms with Crippen molar-refractivity contribution in [3.05, 3.63) is 59.1 Å². The van der Waals surface area contributed by atoms with Gasteiger partial charge >= 0.3 is 0 Å². The Labute approximate surface area is 194 Å². The van der Waals surface area contributed by atoms with Gasteiger partial charge in [0.05, 0.1) is 18.3 Å². The summed E-state index contributed by atoms with van der Waals surface area (Å²) in [5.74, 6) is 0.979. The van der Waals surface area contributed by atoms with Crippen LogP contribution in [-0.2, 0) is 0 Å². The first kappa shape index (κ1) is 22.4. The van der Waals surface area contributed by atoms with Crippen LogP contribution in [0.15, 0.2) is 53.3 Å². The SMILES string of the molecule is COc1cc2c(Nc3ccc(Br)cc3F)ncnc2cc1OCC(O)CN1CC=CCC1. The highest BCUT2D eigenvalue weighted by molar-refractivity contribution is 9.10. The average Bonchev–Trinajstić information content (AvgIpc) is 2.79. The van der Waals surface area contributed by atoms with Crippen molar-refractivity contribution in [3.63, 3.8) is 0 Å². The second-order valence-electron chi connectivity index (χ2n) is 7.48. The Hall–Kier alpha value is -2.75. The molecule has 0 amide bonds. The van der Waals surface area contributed by atoms with Crippen molar-refractivity contribution in [1.82, 2.24) is 14.9 Å². The molecule has 168 valence electrons. The molecule has 0 saturated carbocycles. The number of nitrogens with zero attached hydrogens (tertiary/aromatic N) is 3. The normalized spacial score (nSPS) is 15.0. The monoisotopic (exact) mass is 502 g/mol. The lowest BCUT2D eigenvalue weighted by molar-refractivity contribution is 0.0703. The fraction of sp³-hybridized carbons (Fsp3) is 0.304. The smallest absolute Gasteiger partial charge is 0.163 e. The van der Waals surface area contributed by atoms with Crippen LogP contribution in [0.5, 0.6) is 11.5 Å². The molecule has 1 atom stereocenters. The van der Waals surface area contributed by atoms with E-state index in [4.69, 9.17) is 9.47 Å². The number of benzene rings is 2. The van der Waals surface area contributed by atoms with Crippen LogP contribution in [0.1, 0.15) is 6.42 Å². The molecule has 0 bridgehead atoms. The number of hydrogen-bond acceptors (Lipinski definition) is 7. The van der Waals surface area contributed by atoms with Gasteiger partial charge in [-0.2, -0.15) is 0 Å². The number of fused-ring (bicyclic) bond motifs is 1. The molecular formula is C23H24BrFN4O3. The van der Waals surface area contributed by atoms with E-state index in [1.54, 1.807) is 24.3 Å². The van der Waals surface area contributed by atoms with Gasteiger partial charge in [0, 0.05) is 35.6 Å². The fourth-order valence-corrected chi connectivity index (χ4v) is 3.88. The second-order valence-corrected chi connectivity index (χ2v) is 8.39. The fourth-order valence-electron chi connectivity index (χ4n) is 3.55. The summed E-state index contributed by atoms with van der Waals surface area (Å²) in [5.41, 5.74) is 0.898. The number of anilines is 2. The Balaban J connectivity index is 1.52. The highest BCUT2D eigenvalue weighted by atomic mass is 79.9. The van der Waals surface area contributed by atoms with E-state index in [1.807, 2.05) is 0 Å². The van der Waals surface area contributed by atoms with Gasteiger partial charge in [0.15, 0.2) is 11.5 Å². The minimum atomic E-state index is -0.634. The van der Waals surface area contributed by atoms with Gasteiger partial charge in [-0.25, -0.2) is 14.4 Å². The summed E-state index contributed by atoms with van der Waals surface area (Å²) in [4.78, 5) is 10.8. The molecule has 0 saturated heterocycles. The Bertz CT molecular complexity index is 1130. The lowest BCUT2D eigenvalue weighted by Crippen LogP contribution is -2.37. The minimum Gasteiger partial charge on any atom is -0.493 e. The van der Waals surface area contributed by atoms with Crippen molar-refractivity contribution in [2.75, 3.05) is 38.7 Å². The minimum absolute atomic E-state index is 0.127. The number of aromatic nitrogens is 2. The molecule has 1 aromatic heterocycles. The van der Waals surface area contributed by atoms with Crippen molar-refractivity contribution in [2.24, 2.45) is 0 Å². The van der Waals surface area contributed by atoms with E-state index in [9.17, 15) is 9.50 Å². The average molecular weight is 503 g/mol. The van der Waals surface area contributed by atoms with E-state index in [0.717, 1.165) is 19.5 Å². The maximum Gasteiger partial charge on any atom is 0.163 e. The van der Waals surface area contributed by atoms with E-state index in [1.165, 1.54) is 19.5 Å². The highest BCUT2D eigenvalue weighted by Gasteiger charge is 2.16. The van der Waals surface area contributed by atoms with Crippen LogP contribution < -0.4 is 14.8 Å². The van der Waals surface area contributed by atoms with Crippen molar-refractivity contribution in [1.29, 1.82) is 0 Å². The lowest BCUT2D eigenvalue weighted by atomic mass is 10.2. The lowest BCUT2D eigenvalue weighted by Gasteiger charge is -2.25. The van der Waals surface area contributed by atoms with Crippen LogP contribution in [-0.4, -0.2) is 59.4 Å². The molecule has 2 heterocycles. The summed E-state index contributed by atoms with van der Waals surface area (Å²) >= 11 is 3.25. The zero-order valence-corrected chi connectivity index (χ0v) is 19.2. The summed E-state index contributed by atoms with van der Waals surface area (Å²) in [6, 6.07) is 8.22. The first-order valence-electron chi connectivity index (χ1n) is 10.3. The van der Waals surface area contributed by atoms with Gasteiger partial charge in [0.1, 0.15) is 30.7 Å². The molecule has 32 heavy (non-hydrogen) atoms. The van der Waals surface area contributed by atoms with Crippen molar-refractivity contribution >= 4 is 38.3 Å². The van der Waals surface area contributed by atoms with Crippen LogP contribution in [0.2, 0.25) is 0 Å². The third kappa shape index (κ3) is 5.35. The van der Waals surface area contributed by atoms with E-state index in [0.29, 0.717) is 44.9 Å². The van der Waals surface area contributed by atoms with Crippen molar-refractivity contribution < 1.29 is 19.0 Å². The molecule has 0 spiro atoms. The molecule has 2 aromatic carbocycles. The maximum atomic E-state index is 14.3. The number of ether oxygens (including phenoxy) is 2. The topological polar surface area (TPSA) is 79.7 Å². The van der Waals surface area contributed by atoms with Gasteiger partial charge in [-0.05, 0) is 30.7 Å².